The minimum absolute atomic E-state index is 0.0233. The minimum Gasteiger partial charge on any atom is -0.355 e. The summed E-state index contributed by atoms with van der Waals surface area (Å²) in [6.45, 7) is 1.79. The predicted octanol–water partition coefficient (Wildman–Crippen LogP) is 4.74. The molecular formula is C19H16ClN3O4. The molecule has 1 aromatic heterocycles. The van der Waals surface area contributed by atoms with Gasteiger partial charge in [0.1, 0.15) is 0 Å². The van der Waals surface area contributed by atoms with E-state index in [-0.39, 0.29) is 23.3 Å². The first-order chi connectivity index (χ1) is 12.9. The third-order valence-corrected chi connectivity index (χ3v) is 4.54. The van der Waals surface area contributed by atoms with Gasteiger partial charge in [-0.15, -0.1) is 0 Å². The van der Waals surface area contributed by atoms with Crippen LogP contribution in [0.3, 0.4) is 0 Å². The van der Waals surface area contributed by atoms with Gasteiger partial charge in [0.25, 0.3) is 11.6 Å². The lowest BCUT2D eigenvalue weighted by Gasteiger charge is -2.24. The molecule has 8 heteroatoms. The fourth-order valence-corrected chi connectivity index (χ4v) is 2.82. The van der Waals surface area contributed by atoms with E-state index in [0.717, 1.165) is 0 Å². The number of carbonyl (C=O) groups is 1. The van der Waals surface area contributed by atoms with Crippen LogP contribution >= 0.6 is 11.6 Å². The molecule has 0 aliphatic carbocycles. The molecule has 0 saturated heterocycles. The van der Waals surface area contributed by atoms with E-state index in [1.54, 1.807) is 56.4 Å². The van der Waals surface area contributed by atoms with Crippen LogP contribution in [0.25, 0.3) is 11.3 Å². The first-order valence-electron chi connectivity index (χ1n) is 8.11. The lowest BCUT2D eigenvalue weighted by Crippen LogP contribution is -2.29. The van der Waals surface area contributed by atoms with Crippen molar-refractivity contribution in [2.75, 3.05) is 7.05 Å². The number of carbonyl (C=O) groups excluding carboxylic acids is 1. The van der Waals surface area contributed by atoms with Crippen molar-refractivity contribution >= 4 is 23.2 Å². The summed E-state index contributed by atoms with van der Waals surface area (Å²) in [5, 5.41) is 15.4. The number of non-ortho nitro benzene ring substituents is 1. The Balaban J connectivity index is 1.81. The molecule has 2 aromatic carbocycles. The van der Waals surface area contributed by atoms with Gasteiger partial charge < -0.3 is 9.42 Å². The molecular weight excluding hydrogens is 370 g/mol. The summed E-state index contributed by atoms with van der Waals surface area (Å²) in [4.78, 5) is 24.7. The van der Waals surface area contributed by atoms with Crippen molar-refractivity contribution in [2.45, 2.75) is 13.0 Å². The molecule has 1 heterocycles. The molecule has 1 atom stereocenters. The Morgan fingerprint density at radius 2 is 1.96 bits per heavy atom. The van der Waals surface area contributed by atoms with E-state index >= 15 is 0 Å². The summed E-state index contributed by atoms with van der Waals surface area (Å²) in [5.74, 6) is 0.0725. The second-order valence-corrected chi connectivity index (χ2v) is 6.47. The Bertz CT molecular complexity index is 1000. The number of amides is 1. The van der Waals surface area contributed by atoms with Gasteiger partial charge in [-0.3, -0.25) is 14.9 Å². The van der Waals surface area contributed by atoms with E-state index in [0.29, 0.717) is 21.9 Å². The second-order valence-electron chi connectivity index (χ2n) is 6.03. The zero-order valence-corrected chi connectivity index (χ0v) is 15.4. The van der Waals surface area contributed by atoms with Crippen LogP contribution in [0, 0.1) is 10.1 Å². The van der Waals surface area contributed by atoms with Crippen molar-refractivity contribution in [1.82, 2.24) is 10.1 Å². The third-order valence-electron chi connectivity index (χ3n) is 4.30. The maximum absolute atomic E-state index is 12.7. The van der Waals surface area contributed by atoms with E-state index in [1.165, 1.54) is 17.0 Å². The number of hydrogen-bond acceptors (Lipinski definition) is 5. The van der Waals surface area contributed by atoms with Crippen molar-refractivity contribution in [2.24, 2.45) is 0 Å². The van der Waals surface area contributed by atoms with E-state index in [2.05, 4.69) is 5.16 Å². The topological polar surface area (TPSA) is 89.5 Å². The molecule has 7 nitrogen and oxygen atoms in total. The average molecular weight is 386 g/mol. The molecule has 0 N–H and O–H groups in total. The Morgan fingerprint density at radius 1 is 1.22 bits per heavy atom. The Hall–Kier alpha value is -3.19. The number of hydrogen-bond donors (Lipinski definition) is 0. The smallest absolute Gasteiger partial charge is 0.276 e. The molecule has 3 rings (SSSR count). The summed E-state index contributed by atoms with van der Waals surface area (Å²) < 4.78 is 5.27. The molecule has 1 amide bonds. The summed E-state index contributed by atoms with van der Waals surface area (Å²) in [7, 11) is 1.61. The highest BCUT2D eigenvalue weighted by Crippen LogP contribution is 2.26. The van der Waals surface area contributed by atoms with Gasteiger partial charge in [0.2, 0.25) is 0 Å². The molecule has 0 aliphatic rings. The number of nitrogens with zero attached hydrogens (tertiary/aromatic N) is 3. The second kappa shape index (κ2) is 7.59. The van der Waals surface area contributed by atoms with Gasteiger partial charge in [-0.1, -0.05) is 41.0 Å². The van der Waals surface area contributed by atoms with Crippen molar-refractivity contribution < 1.29 is 14.2 Å². The normalized spacial score (nSPS) is 11.8. The summed E-state index contributed by atoms with van der Waals surface area (Å²) in [5.41, 5.74) is 1.48. The van der Waals surface area contributed by atoms with Gasteiger partial charge in [0.15, 0.2) is 11.5 Å². The SMILES string of the molecule is CC(c1cccc([N+](=O)[O-])c1)N(C)C(=O)c1cc(-c2cccc(Cl)c2)on1. The molecule has 27 heavy (non-hydrogen) atoms. The van der Waals surface area contributed by atoms with Crippen LogP contribution < -0.4 is 0 Å². The molecule has 0 radical (unpaired) electrons. The van der Waals surface area contributed by atoms with Crippen LogP contribution in [0.1, 0.15) is 29.0 Å². The van der Waals surface area contributed by atoms with Crippen LogP contribution in [-0.2, 0) is 0 Å². The summed E-state index contributed by atoms with van der Waals surface area (Å²) in [6.07, 6.45) is 0. The molecule has 0 fully saturated rings. The van der Waals surface area contributed by atoms with Crippen LogP contribution in [0.2, 0.25) is 5.02 Å². The number of nitro benzene ring substituents is 1. The molecule has 1 unspecified atom stereocenters. The molecule has 0 bridgehead atoms. The van der Waals surface area contributed by atoms with Crippen molar-refractivity contribution in [3.05, 3.63) is 81.0 Å². The monoisotopic (exact) mass is 385 g/mol. The lowest BCUT2D eigenvalue weighted by atomic mass is 10.1. The molecule has 0 spiro atoms. The average Bonchev–Trinajstić information content (AvgIpc) is 3.16. The first-order valence-corrected chi connectivity index (χ1v) is 8.49. The predicted molar refractivity (Wildman–Crippen MR) is 101 cm³/mol. The standard InChI is InChI=1S/C19H16ClN3O4/c1-12(13-5-4-8-16(10-13)23(25)26)22(2)19(24)17-11-18(27-21-17)14-6-3-7-15(20)9-14/h3-12H,1-2H3. The van der Waals surface area contributed by atoms with Crippen molar-refractivity contribution in [3.63, 3.8) is 0 Å². The van der Waals surface area contributed by atoms with Crippen LogP contribution in [0.15, 0.2) is 59.1 Å². The van der Waals surface area contributed by atoms with Crippen LogP contribution in [-0.4, -0.2) is 27.9 Å². The number of halogens is 1. The minimum atomic E-state index is -0.465. The quantitative estimate of drug-likeness (QED) is 0.467. The maximum Gasteiger partial charge on any atom is 0.276 e. The Labute approximate surface area is 160 Å². The van der Waals surface area contributed by atoms with Crippen molar-refractivity contribution in [1.29, 1.82) is 0 Å². The first kappa shape index (κ1) is 18.6. The molecule has 0 saturated carbocycles. The van der Waals surface area contributed by atoms with Gasteiger partial charge in [-0.05, 0) is 24.6 Å². The zero-order valence-electron chi connectivity index (χ0n) is 14.6. The largest absolute Gasteiger partial charge is 0.355 e. The van der Waals surface area contributed by atoms with Crippen molar-refractivity contribution in [3.8, 4) is 11.3 Å². The summed E-state index contributed by atoms with van der Waals surface area (Å²) >= 11 is 5.97. The van der Waals surface area contributed by atoms with E-state index in [9.17, 15) is 14.9 Å². The highest BCUT2D eigenvalue weighted by Gasteiger charge is 2.23. The number of benzene rings is 2. The molecule has 0 aliphatic heterocycles. The fraction of sp³-hybridized carbons (Fsp3) is 0.158. The maximum atomic E-state index is 12.7. The number of nitro groups is 1. The van der Waals surface area contributed by atoms with E-state index < -0.39 is 4.92 Å². The molecule has 3 aromatic rings. The third kappa shape index (κ3) is 3.98. The molecule has 138 valence electrons. The summed E-state index contributed by atoms with van der Waals surface area (Å²) in [6, 6.07) is 14.4. The van der Waals surface area contributed by atoms with Gasteiger partial charge in [-0.2, -0.15) is 0 Å². The number of rotatable bonds is 5. The lowest BCUT2D eigenvalue weighted by molar-refractivity contribution is -0.384. The highest BCUT2D eigenvalue weighted by atomic mass is 35.5. The van der Waals surface area contributed by atoms with Gasteiger partial charge in [-0.25, -0.2) is 0 Å². The highest BCUT2D eigenvalue weighted by molar-refractivity contribution is 6.30. The number of aromatic nitrogens is 1. The van der Waals surface area contributed by atoms with Crippen LogP contribution in [0.4, 0.5) is 5.69 Å². The Morgan fingerprint density at radius 3 is 2.67 bits per heavy atom. The Kier molecular flexibility index (Phi) is 5.23. The van der Waals surface area contributed by atoms with Gasteiger partial charge >= 0.3 is 0 Å². The van der Waals surface area contributed by atoms with Gasteiger partial charge in [0, 0.05) is 35.8 Å². The zero-order chi connectivity index (χ0) is 19.6. The van der Waals surface area contributed by atoms with Crippen LogP contribution in [0.5, 0.6) is 0 Å². The van der Waals surface area contributed by atoms with Gasteiger partial charge in [0.05, 0.1) is 11.0 Å². The van der Waals surface area contributed by atoms with E-state index in [1.807, 2.05) is 0 Å². The van der Waals surface area contributed by atoms with E-state index in [4.69, 9.17) is 16.1 Å². The fourth-order valence-electron chi connectivity index (χ4n) is 2.63.